The van der Waals surface area contributed by atoms with E-state index in [4.69, 9.17) is 4.42 Å². The molecule has 0 saturated heterocycles. The molecule has 1 N–H and O–H groups in total. The number of nitrogens with one attached hydrogen (secondary N) is 1. The summed E-state index contributed by atoms with van der Waals surface area (Å²) in [6, 6.07) is 9.68. The molecule has 0 bridgehead atoms. The maximum Gasteiger partial charge on any atom is 0.191 e. The van der Waals surface area contributed by atoms with Crippen LogP contribution in [-0.4, -0.2) is 30.8 Å². The molecule has 4 rings (SSSR count). The molecule has 4 aromatic rings. The van der Waals surface area contributed by atoms with E-state index >= 15 is 0 Å². The Morgan fingerprint density at radius 1 is 1.27 bits per heavy atom. The van der Waals surface area contributed by atoms with Crippen molar-refractivity contribution in [1.82, 2.24) is 19.7 Å². The molecule has 1 atom stereocenters. The molecule has 26 heavy (non-hydrogen) atoms. The number of aromatic amines is 1. The zero-order valence-corrected chi connectivity index (χ0v) is 15.5. The lowest BCUT2D eigenvalue weighted by Crippen LogP contribution is -2.14. The molecule has 0 aliphatic rings. The number of aryl methyl sites for hydroxylation is 1. The number of aromatic nitrogens is 4. The molecule has 0 radical (unpaired) electrons. The maximum absolute atomic E-state index is 12.9. The number of hydrogen-bond acceptors (Lipinski definition) is 5. The molecule has 0 saturated carbocycles. The normalized spacial score (nSPS) is 12.6. The summed E-state index contributed by atoms with van der Waals surface area (Å²) < 4.78 is 7.24. The fraction of sp³-hybridized carbons (Fsp3) is 0.211. The molecule has 0 fully saturated rings. The van der Waals surface area contributed by atoms with Gasteiger partial charge in [-0.1, -0.05) is 30.0 Å². The minimum Gasteiger partial charge on any atom is -0.469 e. The molecule has 7 heteroatoms. The Kier molecular flexibility index (Phi) is 4.16. The van der Waals surface area contributed by atoms with Crippen LogP contribution in [0.15, 0.2) is 52.4 Å². The minimum absolute atomic E-state index is 0.0662. The summed E-state index contributed by atoms with van der Waals surface area (Å²) in [7, 11) is 1.90. The van der Waals surface area contributed by atoms with E-state index < -0.39 is 0 Å². The van der Waals surface area contributed by atoms with Crippen LogP contribution < -0.4 is 0 Å². The molecular weight excluding hydrogens is 348 g/mol. The van der Waals surface area contributed by atoms with Gasteiger partial charge < -0.3 is 14.0 Å². The molecular formula is C19H18N4O2S. The number of hydrogen-bond donors (Lipinski definition) is 1. The summed E-state index contributed by atoms with van der Waals surface area (Å²) in [6.07, 6.45) is 3.41. The van der Waals surface area contributed by atoms with Gasteiger partial charge in [-0.15, -0.1) is 10.2 Å². The van der Waals surface area contributed by atoms with E-state index in [2.05, 4.69) is 15.2 Å². The highest BCUT2D eigenvalue weighted by Gasteiger charge is 2.23. The summed E-state index contributed by atoms with van der Waals surface area (Å²) in [6.45, 7) is 3.78. The van der Waals surface area contributed by atoms with Gasteiger partial charge in [0.15, 0.2) is 16.8 Å². The van der Waals surface area contributed by atoms with E-state index in [1.54, 1.807) is 12.5 Å². The lowest BCUT2D eigenvalue weighted by Gasteiger charge is -2.09. The molecule has 1 aromatic carbocycles. The predicted octanol–water partition coefficient (Wildman–Crippen LogP) is 4.23. The van der Waals surface area contributed by atoms with Crippen molar-refractivity contribution in [2.75, 3.05) is 0 Å². The van der Waals surface area contributed by atoms with Gasteiger partial charge in [-0.2, -0.15) is 0 Å². The second-order valence-corrected chi connectivity index (χ2v) is 7.44. The number of furan rings is 1. The van der Waals surface area contributed by atoms with Gasteiger partial charge in [0.05, 0.1) is 17.1 Å². The topological polar surface area (TPSA) is 76.7 Å². The molecule has 132 valence electrons. The second kappa shape index (κ2) is 6.49. The van der Waals surface area contributed by atoms with Crippen LogP contribution in [0.25, 0.3) is 22.3 Å². The first-order chi connectivity index (χ1) is 12.6. The average molecular weight is 366 g/mol. The molecule has 3 aromatic heterocycles. The number of nitrogens with zero attached hydrogens (tertiary/aromatic N) is 3. The van der Waals surface area contributed by atoms with Crippen molar-refractivity contribution in [1.29, 1.82) is 0 Å². The Labute approximate surface area is 154 Å². The van der Waals surface area contributed by atoms with Gasteiger partial charge in [0.1, 0.15) is 5.76 Å². The van der Waals surface area contributed by atoms with Crippen LogP contribution >= 0.6 is 11.8 Å². The number of carbonyl (C=O) groups excluding carboxylic acids is 1. The smallest absolute Gasteiger partial charge is 0.191 e. The molecule has 0 spiro atoms. The van der Waals surface area contributed by atoms with Crippen molar-refractivity contribution in [2.45, 2.75) is 24.3 Å². The average Bonchev–Trinajstić information content (AvgIpc) is 3.34. The fourth-order valence-electron chi connectivity index (χ4n) is 2.98. The minimum atomic E-state index is -0.282. The Balaban J connectivity index is 1.59. The standard InChI is InChI=1S/C19H18N4O2S/c1-11-13(8-9-25-11)18-21-22-19(23(18)3)26-12(2)17(24)15-10-20-16-7-5-4-6-14(15)16/h4-10,12,20H,1-3H3. The highest BCUT2D eigenvalue weighted by atomic mass is 32.2. The molecule has 3 heterocycles. The van der Waals surface area contributed by atoms with E-state index in [9.17, 15) is 4.79 Å². The number of carbonyl (C=O) groups is 1. The largest absolute Gasteiger partial charge is 0.469 e. The number of rotatable bonds is 5. The monoisotopic (exact) mass is 366 g/mol. The predicted molar refractivity (Wildman–Crippen MR) is 101 cm³/mol. The number of para-hydroxylation sites is 1. The first-order valence-corrected chi connectivity index (χ1v) is 9.15. The van der Waals surface area contributed by atoms with Crippen molar-refractivity contribution in [3.63, 3.8) is 0 Å². The number of thioether (sulfide) groups is 1. The van der Waals surface area contributed by atoms with Crippen molar-refractivity contribution in [2.24, 2.45) is 7.05 Å². The van der Waals surface area contributed by atoms with Gasteiger partial charge in [-0.3, -0.25) is 4.79 Å². The molecule has 1 unspecified atom stereocenters. The first-order valence-electron chi connectivity index (χ1n) is 8.27. The highest BCUT2D eigenvalue weighted by Crippen LogP contribution is 2.30. The Hall–Kier alpha value is -2.80. The number of benzene rings is 1. The van der Waals surface area contributed by atoms with E-state index in [1.165, 1.54) is 11.8 Å². The summed E-state index contributed by atoms with van der Waals surface area (Å²) in [5.41, 5.74) is 2.57. The van der Waals surface area contributed by atoms with Crippen LogP contribution in [0.1, 0.15) is 23.0 Å². The van der Waals surface area contributed by atoms with Gasteiger partial charge in [0.25, 0.3) is 0 Å². The van der Waals surface area contributed by atoms with E-state index in [0.717, 1.165) is 28.1 Å². The van der Waals surface area contributed by atoms with E-state index in [1.807, 2.05) is 55.8 Å². The first kappa shape index (κ1) is 16.7. The Morgan fingerprint density at radius 2 is 2.08 bits per heavy atom. The maximum atomic E-state index is 12.9. The van der Waals surface area contributed by atoms with Crippen LogP contribution in [0.2, 0.25) is 0 Å². The van der Waals surface area contributed by atoms with Gasteiger partial charge in [-0.05, 0) is 26.0 Å². The number of H-pyrrole nitrogens is 1. The lowest BCUT2D eigenvalue weighted by atomic mass is 10.1. The molecule has 0 aliphatic heterocycles. The SMILES string of the molecule is Cc1occc1-c1nnc(SC(C)C(=O)c2c[nH]c3ccccc23)n1C. The third-order valence-electron chi connectivity index (χ3n) is 4.44. The van der Waals surface area contributed by atoms with Crippen molar-refractivity contribution < 1.29 is 9.21 Å². The van der Waals surface area contributed by atoms with E-state index in [0.29, 0.717) is 10.7 Å². The molecule has 0 amide bonds. The van der Waals surface area contributed by atoms with Gasteiger partial charge in [-0.25, -0.2) is 0 Å². The van der Waals surface area contributed by atoms with Crippen molar-refractivity contribution in [3.8, 4) is 11.4 Å². The van der Waals surface area contributed by atoms with Crippen LogP contribution in [0.5, 0.6) is 0 Å². The zero-order chi connectivity index (χ0) is 18.3. The Bertz CT molecular complexity index is 1090. The van der Waals surface area contributed by atoms with Crippen LogP contribution in [0.4, 0.5) is 0 Å². The third-order valence-corrected chi connectivity index (χ3v) is 5.57. The number of Topliss-reactive ketones (excluding diaryl/α,β-unsaturated/α-hetero) is 1. The third kappa shape index (κ3) is 2.74. The van der Waals surface area contributed by atoms with Crippen LogP contribution in [0.3, 0.4) is 0 Å². The highest BCUT2D eigenvalue weighted by molar-refractivity contribution is 8.00. The summed E-state index contributed by atoms with van der Waals surface area (Å²) in [5, 5.41) is 9.87. The van der Waals surface area contributed by atoms with Crippen LogP contribution in [0, 0.1) is 6.92 Å². The van der Waals surface area contributed by atoms with Gasteiger partial charge >= 0.3 is 0 Å². The van der Waals surface area contributed by atoms with Gasteiger partial charge in [0, 0.05) is 29.7 Å². The van der Waals surface area contributed by atoms with Crippen LogP contribution in [-0.2, 0) is 7.05 Å². The van der Waals surface area contributed by atoms with Crippen molar-refractivity contribution >= 4 is 28.4 Å². The molecule has 6 nitrogen and oxygen atoms in total. The summed E-state index contributed by atoms with van der Waals surface area (Å²) in [5.74, 6) is 1.59. The second-order valence-electron chi connectivity index (χ2n) is 6.13. The lowest BCUT2D eigenvalue weighted by molar-refractivity contribution is 0.0995. The fourth-order valence-corrected chi connectivity index (χ4v) is 3.86. The molecule has 0 aliphatic carbocycles. The quantitative estimate of drug-likeness (QED) is 0.422. The van der Waals surface area contributed by atoms with E-state index in [-0.39, 0.29) is 11.0 Å². The summed E-state index contributed by atoms with van der Waals surface area (Å²) >= 11 is 1.40. The number of ketones is 1. The van der Waals surface area contributed by atoms with Gasteiger partial charge in [0.2, 0.25) is 0 Å². The Morgan fingerprint density at radius 3 is 2.85 bits per heavy atom. The zero-order valence-electron chi connectivity index (χ0n) is 14.7. The van der Waals surface area contributed by atoms with Crippen molar-refractivity contribution in [3.05, 3.63) is 54.1 Å². The number of fused-ring (bicyclic) bond motifs is 1. The summed E-state index contributed by atoms with van der Waals surface area (Å²) in [4.78, 5) is 16.1.